The zero-order valence-corrected chi connectivity index (χ0v) is 13.6. The lowest BCUT2D eigenvalue weighted by molar-refractivity contribution is 0.0506. The number of rotatable bonds is 6. The maximum absolute atomic E-state index is 13.2. The van der Waals surface area contributed by atoms with Crippen LogP contribution < -0.4 is 10.6 Å². The molecular formula is C16H25FN2O3. The molecule has 1 rings (SSSR count). The first-order valence-corrected chi connectivity index (χ1v) is 7.35. The molecule has 1 amide bonds. The lowest BCUT2D eigenvalue weighted by Crippen LogP contribution is -2.38. The van der Waals surface area contributed by atoms with Gasteiger partial charge in [-0.15, -0.1) is 0 Å². The Morgan fingerprint density at radius 1 is 1.41 bits per heavy atom. The van der Waals surface area contributed by atoms with Crippen LogP contribution in [-0.2, 0) is 11.3 Å². The van der Waals surface area contributed by atoms with Crippen LogP contribution in [0.2, 0.25) is 0 Å². The molecule has 0 radical (unpaired) electrons. The molecule has 1 unspecified atom stereocenters. The van der Waals surface area contributed by atoms with Crippen LogP contribution in [0.15, 0.2) is 18.2 Å². The van der Waals surface area contributed by atoms with Crippen LogP contribution in [0.4, 0.5) is 9.18 Å². The van der Waals surface area contributed by atoms with E-state index in [9.17, 15) is 9.18 Å². The first-order valence-electron chi connectivity index (χ1n) is 7.35. The van der Waals surface area contributed by atoms with Gasteiger partial charge >= 0.3 is 6.09 Å². The van der Waals surface area contributed by atoms with Crippen molar-refractivity contribution in [1.29, 1.82) is 0 Å². The van der Waals surface area contributed by atoms with E-state index in [-0.39, 0.29) is 11.8 Å². The molecule has 0 aliphatic rings. The third-order valence-electron chi connectivity index (χ3n) is 2.86. The largest absolute Gasteiger partial charge is 0.505 e. The third kappa shape index (κ3) is 7.26. The summed E-state index contributed by atoms with van der Waals surface area (Å²) in [6.45, 7) is 8.50. The standard InChI is InChI=1S/C16H25FN2O3/c1-11(19-15(21)22-16(2,3)4)7-8-18-10-12-5-6-14(20)13(17)9-12/h5-6,9,11,18,20H,7-8,10H2,1-4H3,(H,19,21). The highest BCUT2D eigenvalue weighted by atomic mass is 19.1. The Morgan fingerprint density at radius 2 is 2.09 bits per heavy atom. The van der Waals surface area contributed by atoms with E-state index in [0.717, 1.165) is 12.0 Å². The van der Waals surface area contributed by atoms with E-state index in [1.54, 1.807) is 6.07 Å². The van der Waals surface area contributed by atoms with Gasteiger partial charge in [-0.05, 0) is 58.4 Å². The summed E-state index contributed by atoms with van der Waals surface area (Å²) in [4.78, 5) is 11.6. The summed E-state index contributed by atoms with van der Waals surface area (Å²) < 4.78 is 18.3. The fourth-order valence-electron chi connectivity index (χ4n) is 1.79. The Labute approximate surface area is 130 Å². The van der Waals surface area contributed by atoms with Gasteiger partial charge in [-0.25, -0.2) is 9.18 Å². The molecule has 6 heteroatoms. The predicted octanol–water partition coefficient (Wildman–Crippen LogP) is 2.92. The van der Waals surface area contributed by atoms with Crippen molar-refractivity contribution in [3.8, 4) is 5.75 Å². The Bertz CT molecular complexity index is 501. The first-order chi connectivity index (χ1) is 10.2. The number of nitrogens with one attached hydrogen (secondary N) is 2. The summed E-state index contributed by atoms with van der Waals surface area (Å²) in [5, 5.41) is 15.0. The molecule has 0 fully saturated rings. The van der Waals surface area contributed by atoms with Gasteiger partial charge in [0.2, 0.25) is 0 Å². The minimum absolute atomic E-state index is 0.0288. The number of phenolic OH excluding ortho intramolecular Hbond substituents is 1. The number of ether oxygens (including phenoxy) is 1. The minimum atomic E-state index is -0.626. The molecule has 1 atom stereocenters. The summed E-state index contributed by atoms with van der Waals surface area (Å²) in [5.41, 5.74) is 0.244. The quantitative estimate of drug-likeness (QED) is 0.706. The number of halogens is 1. The molecule has 1 aromatic rings. The third-order valence-corrected chi connectivity index (χ3v) is 2.86. The van der Waals surface area contributed by atoms with Gasteiger partial charge in [0.25, 0.3) is 0 Å². The maximum atomic E-state index is 13.2. The Morgan fingerprint density at radius 3 is 2.68 bits per heavy atom. The number of phenols is 1. The number of alkyl carbamates (subject to hydrolysis) is 1. The minimum Gasteiger partial charge on any atom is -0.505 e. The second kappa shape index (κ2) is 7.98. The molecule has 5 nitrogen and oxygen atoms in total. The molecule has 0 heterocycles. The topological polar surface area (TPSA) is 70.6 Å². The molecule has 0 saturated heterocycles. The van der Waals surface area contributed by atoms with Crippen LogP contribution in [0.5, 0.6) is 5.75 Å². The van der Waals surface area contributed by atoms with E-state index in [1.165, 1.54) is 12.1 Å². The number of hydrogen-bond acceptors (Lipinski definition) is 4. The van der Waals surface area contributed by atoms with E-state index in [2.05, 4.69) is 10.6 Å². The maximum Gasteiger partial charge on any atom is 0.407 e. The first kappa shape index (κ1) is 18.2. The summed E-state index contributed by atoms with van der Waals surface area (Å²) in [6.07, 6.45) is 0.292. The highest BCUT2D eigenvalue weighted by Crippen LogP contribution is 2.15. The average Bonchev–Trinajstić information content (AvgIpc) is 2.36. The Kier molecular flexibility index (Phi) is 6.61. The van der Waals surface area contributed by atoms with Crippen molar-refractivity contribution in [3.05, 3.63) is 29.6 Å². The Balaban J connectivity index is 2.23. The molecule has 0 aliphatic heterocycles. The predicted molar refractivity (Wildman–Crippen MR) is 83.2 cm³/mol. The van der Waals surface area contributed by atoms with Gasteiger partial charge in [-0.1, -0.05) is 6.07 Å². The number of amides is 1. The fourth-order valence-corrected chi connectivity index (χ4v) is 1.79. The van der Waals surface area contributed by atoms with Crippen molar-refractivity contribution < 1.29 is 19.0 Å². The monoisotopic (exact) mass is 312 g/mol. The number of aromatic hydroxyl groups is 1. The summed E-state index contributed by atoms with van der Waals surface area (Å²) in [6, 6.07) is 4.26. The molecule has 124 valence electrons. The molecular weight excluding hydrogens is 287 g/mol. The summed E-state index contributed by atoms with van der Waals surface area (Å²) in [5.74, 6) is -0.974. The van der Waals surface area contributed by atoms with Gasteiger partial charge in [0, 0.05) is 12.6 Å². The van der Waals surface area contributed by atoms with Gasteiger partial charge < -0.3 is 20.5 Å². The van der Waals surface area contributed by atoms with Crippen LogP contribution in [0.1, 0.15) is 39.7 Å². The van der Waals surface area contributed by atoms with Crippen LogP contribution in [0.25, 0.3) is 0 Å². The second-order valence-electron chi connectivity index (χ2n) is 6.30. The van der Waals surface area contributed by atoms with Gasteiger partial charge in [-0.2, -0.15) is 0 Å². The van der Waals surface area contributed by atoms with E-state index < -0.39 is 17.5 Å². The molecule has 0 bridgehead atoms. The molecule has 1 aromatic carbocycles. The van der Waals surface area contributed by atoms with Crippen molar-refractivity contribution in [3.63, 3.8) is 0 Å². The van der Waals surface area contributed by atoms with Crippen LogP contribution in [-0.4, -0.2) is 29.4 Å². The highest BCUT2D eigenvalue weighted by Gasteiger charge is 2.17. The Hall–Kier alpha value is -1.82. The van der Waals surface area contributed by atoms with Crippen molar-refractivity contribution in [2.75, 3.05) is 6.54 Å². The smallest absolute Gasteiger partial charge is 0.407 e. The van der Waals surface area contributed by atoms with E-state index in [1.807, 2.05) is 27.7 Å². The fraction of sp³-hybridized carbons (Fsp3) is 0.562. The average molecular weight is 312 g/mol. The lowest BCUT2D eigenvalue weighted by Gasteiger charge is -2.22. The molecule has 0 saturated carbocycles. The lowest BCUT2D eigenvalue weighted by atomic mass is 10.2. The van der Waals surface area contributed by atoms with Crippen LogP contribution in [0.3, 0.4) is 0 Å². The number of benzene rings is 1. The van der Waals surface area contributed by atoms with Crippen molar-refractivity contribution >= 4 is 6.09 Å². The van der Waals surface area contributed by atoms with Gasteiger partial charge in [0.15, 0.2) is 11.6 Å². The molecule has 0 spiro atoms. The zero-order chi connectivity index (χ0) is 16.8. The molecule has 0 aliphatic carbocycles. The molecule has 0 aromatic heterocycles. The van der Waals surface area contributed by atoms with Crippen molar-refractivity contribution in [2.45, 2.75) is 52.3 Å². The highest BCUT2D eigenvalue weighted by molar-refractivity contribution is 5.67. The van der Waals surface area contributed by atoms with Crippen molar-refractivity contribution in [2.24, 2.45) is 0 Å². The van der Waals surface area contributed by atoms with Crippen LogP contribution >= 0.6 is 0 Å². The van der Waals surface area contributed by atoms with E-state index in [4.69, 9.17) is 9.84 Å². The van der Waals surface area contributed by atoms with E-state index >= 15 is 0 Å². The normalized spacial score (nSPS) is 12.8. The molecule has 22 heavy (non-hydrogen) atoms. The number of carbonyl (C=O) groups excluding carboxylic acids is 1. The molecule has 3 N–H and O–H groups in total. The zero-order valence-electron chi connectivity index (χ0n) is 13.6. The van der Waals surface area contributed by atoms with Gasteiger partial charge in [-0.3, -0.25) is 0 Å². The summed E-state index contributed by atoms with van der Waals surface area (Å²) >= 11 is 0. The summed E-state index contributed by atoms with van der Waals surface area (Å²) in [7, 11) is 0. The van der Waals surface area contributed by atoms with Crippen LogP contribution in [0, 0.1) is 5.82 Å². The van der Waals surface area contributed by atoms with Gasteiger partial charge in [0.05, 0.1) is 0 Å². The number of hydrogen-bond donors (Lipinski definition) is 3. The second-order valence-corrected chi connectivity index (χ2v) is 6.30. The SMILES string of the molecule is CC(CCNCc1ccc(O)c(F)c1)NC(=O)OC(C)(C)C. The van der Waals surface area contributed by atoms with E-state index in [0.29, 0.717) is 13.1 Å². The number of carbonyl (C=O) groups is 1. The van der Waals surface area contributed by atoms with Crippen molar-refractivity contribution in [1.82, 2.24) is 10.6 Å². The van der Waals surface area contributed by atoms with Gasteiger partial charge in [0.1, 0.15) is 5.60 Å².